The molecule has 0 radical (unpaired) electrons. The number of nitrogens with one attached hydrogen (secondary N) is 1. The van der Waals surface area contributed by atoms with Crippen LogP contribution < -0.4 is 10.2 Å². The first-order valence-electron chi connectivity index (χ1n) is 13.3. The number of benzene rings is 3. The highest BCUT2D eigenvalue weighted by molar-refractivity contribution is 7.97. The molecule has 11 heteroatoms. The van der Waals surface area contributed by atoms with Crippen molar-refractivity contribution in [2.75, 3.05) is 18.5 Å². The average molecular weight is 590 g/mol. The van der Waals surface area contributed by atoms with Crippen LogP contribution in [0.5, 0.6) is 0 Å². The van der Waals surface area contributed by atoms with E-state index in [1.807, 2.05) is 12.1 Å². The number of likely N-dealkylation sites (N-methyl/N-ethyl adjacent to an activating group) is 1. The molecule has 5 rings (SSSR count). The molecule has 2 amide bonds. The minimum absolute atomic E-state index is 0.172. The lowest BCUT2D eigenvalue weighted by Gasteiger charge is -2.27. The maximum Gasteiger partial charge on any atom is 0.251 e. The number of halogens is 5. The number of hydrogen-bond acceptors (Lipinski definition) is 4. The van der Waals surface area contributed by atoms with Gasteiger partial charge in [0.15, 0.2) is 23.3 Å². The number of rotatable bonds is 8. The van der Waals surface area contributed by atoms with Crippen molar-refractivity contribution in [2.24, 2.45) is 0 Å². The number of nitrogens with zero attached hydrogens (tertiary/aromatic N) is 2. The van der Waals surface area contributed by atoms with Crippen molar-refractivity contribution < 1.29 is 31.5 Å². The van der Waals surface area contributed by atoms with Crippen LogP contribution >= 0.6 is 11.9 Å². The Bertz CT molecular complexity index is 1450. The van der Waals surface area contributed by atoms with Gasteiger partial charge in [0.1, 0.15) is 4.90 Å². The zero-order valence-corrected chi connectivity index (χ0v) is 23.1. The number of fused-ring (bicyclic) bond motifs is 1. The van der Waals surface area contributed by atoms with Gasteiger partial charge in [0, 0.05) is 17.8 Å². The molecule has 1 aliphatic heterocycles. The van der Waals surface area contributed by atoms with Gasteiger partial charge in [0.2, 0.25) is 11.7 Å². The van der Waals surface area contributed by atoms with Crippen LogP contribution in [0.2, 0.25) is 0 Å². The summed E-state index contributed by atoms with van der Waals surface area (Å²) in [7, 11) is 1.32. The Hall–Kier alpha value is -3.44. The van der Waals surface area contributed by atoms with Gasteiger partial charge in [-0.2, -0.15) is 0 Å². The van der Waals surface area contributed by atoms with E-state index in [9.17, 15) is 31.5 Å². The van der Waals surface area contributed by atoms with E-state index in [4.69, 9.17) is 0 Å². The SMILES string of the molecule is CN(CC(=O)N(Cc1ccc(C2CCCCC2)cc1)c1ccc2c(c1)CNC2=O)Sc1c(F)c(F)c(F)c(F)c1F. The minimum Gasteiger partial charge on any atom is -0.348 e. The molecule has 1 heterocycles. The first-order chi connectivity index (χ1) is 19.6. The number of carbonyl (C=O) groups excluding carboxylic acids is 2. The van der Waals surface area contributed by atoms with Crippen molar-refractivity contribution in [1.29, 1.82) is 0 Å². The first kappa shape index (κ1) is 29.1. The van der Waals surface area contributed by atoms with E-state index in [0.717, 1.165) is 28.3 Å². The summed E-state index contributed by atoms with van der Waals surface area (Å²) in [4.78, 5) is 26.0. The molecule has 2 aliphatic rings. The Morgan fingerprint density at radius 3 is 2.20 bits per heavy atom. The van der Waals surface area contributed by atoms with E-state index in [1.165, 1.54) is 36.8 Å². The van der Waals surface area contributed by atoms with Crippen LogP contribution in [0.3, 0.4) is 0 Å². The summed E-state index contributed by atoms with van der Waals surface area (Å²) < 4.78 is 70.4. The number of amides is 2. The lowest BCUT2D eigenvalue weighted by Crippen LogP contribution is -2.37. The predicted octanol–water partition coefficient (Wildman–Crippen LogP) is 6.85. The number of hydrogen-bond donors (Lipinski definition) is 1. The van der Waals surface area contributed by atoms with Crippen LogP contribution in [0.4, 0.5) is 27.6 Å². The molecule has 1 aliphatic carbocycles. The van der Waals surface area contributed by atoms with Crippen molar-refractivity contribution in [3.8, 4) is 0 Å². The zero-order chi connectivity index (χ0) is 29.3. The van der Waals surface area contributed by atoms with Gasteiger partial charge in [-0.1, -0.05) is 43.5 Å². The third kappa shape index (κ3) is 6.11. The molecule has 0 spiro atoms. The van der Waals surface area contributed by atoms with Crippen molar-refractivity contribution in [3.05, 3.63) is 93.8 Å². The van der Waals surface area contributed by atoms with Crippen LogP contribution in [0.1, 0.15) is 65.1 Å². The Kier molecular flexibility index (Phi) is 8.65. The third-order valence-electron chi connectivity index (χ3n) is 7.56. The summed E-state index contributed by atoms with van der Waals surface area (Å²) in [5.74, 6) is -10.4. The fraction of sp³-hybridized carbons (Fsp3) is 0.333. The zero-order valence-electron chi connectivity index (χ0n) is 22.3. The van der Waals surface area contributed by atoms with E-state index >= 15 is 0 Å². The first-order valence-corrected chi connectivity index (χ1v) is 14.1. The van der Waals surface area contributed by atoms with E-state index in [-0.39, 0.29) is 24.4 Å². The molecule has 1 N–H and O–H groups in total. The van der Waals surface area contributed by atoms with Gasteiger partial charge in [-0.25, -0.2) is 26.3 Å². The van der Waals surface area contributed by atoms with Gasteiger partial charge < -0.3 is 10.2 Å². The van der Waals surface area contributed by atoms with Crippen LogP contribution in [0.15, 0.2) is 47.4 Å². The topological polar surface area (TPSA) is 52.7 Å². The molecule has 3 aromatic carbocycles. The molecule has 41 heavy (non-hydrogen) atoms. The molecule has 1 fully saturated rings. The number of carbonyl (C=O) groups is 2. The van der Waals surface area contributed by atoms with E-state index < -0.39 is 46.4 Å². The minimum atomic E-state index is -2.24. The van der Waals surface area contributed by atoms with Crippen LogP contribution in [0, 0.1) is 29.1 Å². The van der Waals surface area contributed by atoms with Gasteiger partial charge in [-0.3, -0.25) is 9.59 Å². The van der Waals surface area contributed by atoms with Gasteiger partial charge in [-0.15, -0.1) is 0 Å². The largest absolute Gasteiger partial charge is 0.348 e. The van der Waals surface area contributed by atoms with Crippen molar-refractivity contribution >= 4 is 29.4 Å². The molecule has 3 aromatic rings. The highest BCUT2D eigenvalue weighted by Gasteiger charge is 2.29. The number of anilines is 1. The molecule has 0 aromatic heterocycles. The standard InChI is InChI=1S/C30H28F5N3O2S/c1-37(41-29-27(34)25(32)24(31)26(33)28(29)35)16-23(39)38(21-11-12-22-20(13-21)14-36-30(22)40)15-17-7-9-19(10-8-17)18-5-3-2-4-6-18/h7-13,18H,2-6,14-16H2,1H3,(H,36,40). The summed E-state index contributed by atoms with van der Waals surface area (Å²) >= 11 is 0.254. The molecule has 5 nitrogen and oxygen atoms in total. The van der Waals surface area contributed by atoms with E-state index in [2.05, 4.69) is 17.4 Å². The van der Waals surface area contributed by atoms with Crippen LogP contribution in [-0.4, -0.2) is 29.7 Å². The maximum absolute atomic E-state index is 14.2. The normalized spacial score (nSPS) is 15.2. The summed E-state index contributed by atoms with van der Waals surface area (Å²) in [6.45, 7) is 0.0830. The third-order valence-corrected chi connectivity index (χ3v) is 8.54. The van der Waals surface area contributed by atoms with Crippen LogP contribution in [-0.2, 0) is 17.9 Å². The van der Waals surface area contributed by atoms with E-state index in [1.54, 1.807) is 18.2 Å². The lowest BCUT2D eigenvalue weighted by molar-refractivity contribution is -0.118. The highest BCUT2D eigenvalue weighted by atomic mass is 32.2. The molecule has 0 atom stereocenters. The van der Waals surface area contributed by atoms with Crippen molar-refractivity contribution in [3.63, 3.8) is 0 Å². The van der Waals surface area contributed by atoms with Gasteiger partial charge >= 0.3 is 0 Å². The molecular formula is C30H28F5N3O2S. The second-order valence-electron chi connectivity index (χ2n) is 10.4. The Labute approximate surface area is 238 Å². The average Bonchev–Trinajstić information content (AvgIpc) is 3.36. The molecule has 0 saturated heterocycles. The molecule has 0 bridgehead atoms. The fourth-order valence-electron chi connectivity index (χ4n) is 5.35. The summed E-state index contributed by atoms with van der Waals surface area (Å²) in [6, 6.07) is 13.1. The Balaban J connectivity index is 1.38. The highest BCUT2D eigenvalue weighted by Crippen LogP contribution is 2.34. The van der Waals surface area contributed by atoms with Gasteiger partial charge in [0.05, 0.1) is 13.1 Å². The summed E-state index contributed by atoms with van der Waals surface area (Å²) in [5, 5.41) is 2.74. The molecular weight excluding hydrogens is 561 g/mol. The second kappa shape index (κ2) is 12.2. The Morgan fingerprint density at radius 2 is 1.54 bits per heavy atom. The summed E-state index contributed by atoms with van der Waals surface area (Å²) in [5.41, 5.74) is 3.85. The van der Waals surface area contributed by atoms with E-state index in [0.29, 0.717) is 23.7 Å². The summed E-state index contributed by atoms with van der Waals surface area (Å²) in [6.07, 6.45) is 5.98. The lowest BCUT2D eigenvalue weighted by atomic mass is 9.84. The Morgan fingerprint density at radius 1 is 0.902 bits per heavy atom. The fourth-order valence-corrected chi connectivity index (χ4v) is 6.18. The quantitative estimate of drug-likeness (QED) is 0.135. The molecule has 1 saturated carbocycles. The smallest absolute Gasteiger partial charge is 0.251 e. The van der Waals surface area contributed by atoms with Crippen LogP contribution in [0.25, 0.3) is 0 Å². The van der Waals surface area contributed by atoms with Gasteiger partial charge in [-0.05, 0) is 72.6 Å². The monoisotopic (exact) mass is 589 g/mol. The predicted molar refractivity (Wildman–Crippen MR) is 146 cm³/mol. The van der Waals surface area contributed by atoms with Crippen molar-refractivity contribution in [1.82, 2.24) is 9.62 Å². The van der Waals surface area contributed by atoms with Crippen molar-refractivity contribution in [2.45, 2.75) is 56.0 Å². The maximum atomic E-state index is 14.2. The second-order valence-corrected chi connectivity index (χ2v) is 11.6. The van der Waals surface area contributed by atoms with Gasteiger partial charge in [0.25, 0.3) is 5.91 Å². The molecule has 0 unspecified atom stereocenters. The molecule has 216 valence electrons.